The maximum absolute atomic E-state index is 9.76. The van der Waals surface area contributed by atoms with Crippen LogP contribution in [0.1, 0.15) is 19.8 Å². The van der Waals surface area contributed by atoms with Gasteiger partial charge in [-0.15, -0.1) is 6.58 Å². The van der Waals surface area contributed by atoms with Gasteiger partial charge in [0.15, 0.2) is 6.29 Å². The topological polar surface area (TPSA) is 99.4 Å². The van der Waals surface area contributed by atoms with E-state index in [4.69, 9.17) is 14.6 Å². The Morgan fingerprint density at radius 3 is 2.44 bits per heavy atom. The predicted octanol–water partition coefficient (Wildman–Crippen LogP) is -0.842. The molecule has 6 nitrogen and oxygen atoms in total. The minimum atomic E-state index is -1.41. The van der Waals surface area contributed by atoms with E-state index >= 15 is 0 Å². The van der Waals surface area contributed by atoms with Gasteiger partial charge in [-0.2, -0.15) is 0 Å². The Labute approximate surface area is 106 Å². The third kappa shape index (κ3) is 3.50. The molecule has 0 aliphatic carbocycles. The fourth-order valence-corrected chi connectivity index (χ4v) is 1.88. The summed E-state index contributed by atoms with van der Waals surface area (Å²) in [4.78, 5) is 0. The summed E-state index contributed by atoms with van der Waals surface area (Å²) >= 11 is 0. The first-order valence-corrected chi connectivity index (χ1v) is 6.13. The molecule has 1 heterocycles. The van der Waals surface area contributed by atoms with Crippen molar-refractivity contribution in [3.63, 3.8) is 0 Å². The van der Waals surface area contributed by atoms with E-state index < -0.39 is 37.3 Å². The van der Waals surface area contributed by atoms with Crippen molar-refractivity contribution in [3.8, 4) is 0 Å². The van der Waals surface area contributed by atoms with Crippen LogP contribution >= 0.6 is 0 Å². The Balaban J connectivity index is 2.66. The highest BCUT2D eigenvalue weighted by molar-refractivity contribution is 4.90. The lowest BCUT2D eigenvalue weighted by Crippen LogP contribution is -2.59. The Hall–Kier alpha value is -0.500. The summed E-state index contributed by atoms with van der Waals surface area (Å²) in [6.45, 7) is 5.14. The summed E-state index contributed by atoms with van der Waals surface area (Å²) < 4.78 is 10.7. The van der Waals surface area contributed by atoms with E-state index in [9.17, 15) is 15.3 Å². The van der Waals surface area contributed by atoms with Crippen LogP contribution in [0.4, 0.5) is 0 Å². The molecule has 1 rings (SSSR count). The molecule has 0 unspecified atom stereocenters. The molecule has 4 N–H and O–H groups in total. The molecule has 18 heavy (non-hydrogen) atoms. The van der Waals surface area contributed by atoms with Gasteiger partial charge >= 0.3 is 0 Å². The van der Waals surface area contributed by atoms with Crippen molar-refractivity contribution in [2.45, 2.75) is 56.6 Å². The van der Waals surface area contributed by atoms with E-state index in [1.807, 2.05) is 6.92 Å². The molecule has 0 amide bonds. The molecular formula is C12H22O6. The minimum Gasteiger partial charge on any atom is -0.394 e. The van der Waals surface area contributed by atoms with Crippen LogP contribution in [0.15, 0.2) is 12.7 Å². The molecule has 0 aromatic heterocycles. The molecule has 0 bridgehead atoms. The molecule has 6 heteroatoms. The lowest BCUT2D eigenvalue weighted by atomic mass is 9.99. The first-order valence-electron chi connectivity index (χ1n) is 6.13. The smallest absolute Gasteiger partial charge is 0.187 e. The van der Waals surface area contributed by atoms with E-state index in [0.29, 0.717) is 6.42 Å². The van der Waals surface area contributed by atoms with E-state index in [1.165, 1.54) is 0 Å². The van der Waals surface area contributed by atoms with Gasteiger partial charge in [-0.1, -0.05) is 19.4 Å². The fourth-order valence-electron chi connectivity index (χ4n) is 1.88. The van der Waals surface area contributed by atoms with E-state index in [-0.39, 0.29) is 6.10 Å². The maximum atomic E-state index is 9.76. The average molecular weight is 262 g/mol. The molecule has 0 radical (unpaired) electrons. The second kappa shape index (κ2) is 7.18. The fraction of sp³-hybridized carbons (Fsp3) is 0.833. The van der Waals surface area contributed by atoms with Crippen molar-refractivity contribution in [1.29, 1.82) is 0 Å². The monoisotopic (exact) mass is 262 g/mol. The standard InChI is InChI=1S/C12H22O6/c1-3-5-7(4-2)17-12-11(16)10(15)9(14)8(6-13)18-12/h4,7-16H,2-3,5-6H2,1H3/t7-,8-,9-,10+,11-,12-/m1/s1. The number of aliphatic hydroxyl groups is 4. The van der Waals surface area contributed by atoms with E-state index in [2.05, 4.69) is 6.58 Å². The van der Waals surface area contributed by atoms with Crippen LogP contribution < -0.4 is 0 Å². The predicted molar refractivity (Wildman–Crippen MR) is 63.7 cm³/mol. The number of aliphatic hydroxyl groups excluding tert-OH is 4. The molecule has 0 spiro atoms. The Bertz CT molecular complexity index is 257. The normalized spacial score (nSPS) is 38.4. The quantitative estimate of drug-likeness (QED) is 0.466. The summed E-state index contributed by atoms with van der Waals surface area (Å²) in [7, 11) is 0. The first kappa shape index (κ1) is 15.6. The van der Waals surface area contributed by atoms with Crippen molar-refractivity contribution in [1.82, 2.24) is 0 Å². The van der Waals surface area contributed by atoms with Gasteiger partial charge in [0.05, 0.1) is 12.7 Å². The van der Waals surface area contributed by atoms with Gasteiger partial charge in [-0.25, -0.2) is 0 Å². The largest absolute Gasteiger partial charge is 0.394 e. The van der Waals surface area contributed by atoms with E-state index in [0.717, 1.165) is 6.42 Å². The van der Waals surface area contributed by atoms with Crippen LogP contribution in [0.25, 0.3) is 0 Å². The summed E-state index contributed by atoms with van der Waals surface area (Å²) in [6.07, 6.45) is -3.31. The van der Waals surface area contributed by atoms with Crippen LogP contribution in [0.5, 0.6) is 0 Å². The number of rotatable bonds is 6. The zero-order valence-electron chi connectivity index (χ0n) is 10.5. The highest BCUT2D eigenvalue weighted by atomic mass is 16.7. The van der Waals surface area contributed by atoms with Gasteiger partial charge in [-0.05, 0) is 6.42 Å². The number of hydrogen-bond donors (Lipinski definition) is 4. The molecule has 0 aromatic carbocycles. The zero-order chi connectivity index (χ0) is 13.7. The first-order chi connectivity index (χ1) is 8.54. The third-order valence-electron chi connectivity index (χ3n) is 2.99. The van der Waals surface area contributed by atoms with E-state index in [1.54, 1.807) is 6.08 Å². The molecule has 1 saturated heterocycles. The highest BCUT2D eigenvalue weighted by Gasteiger charge is 2.44. The molecule has 0 saturated carbocycles. The van der Waals surface area contributed by atoms with Crippen molar-refractivity contribution in [2.24, 2.45) is 0 Å². The van der Waals surface area contributed by atoms with Gasteiger partial charge in [0.25, 0.3) is 0 Å². The lowest BCUT2D eigenvalue weighted by molar-refractivity contribution is -0.307. The third-order valence-corrected chi connectivity index (χ3v) is 2.99. The van der Waals surface area contributed by atoms with Crippen LogP contribution in [0.2, 0.25) is 0 Å². The Morgan fingerprint density at radius 2 is 1.94 bits per heavy atom. The highest BCUT2D eigenvalue weighted by Crippen LogP contribution is 2.23. The Kier molecular flexibility index (Phi) is 6.20. The number of ether oxygens (including phenoxy) is 2. The average Bonchev–Trinajstić information content (AvgIpc) is 2.38. The Morgan fingerprint density at radius 1 is 1.28 bits per heavy atom. The van der Waals surface area contributed by atoms with Crippen LogP contribution in [-0.2, 0) is 9.47 Å². The SMILES string of the molecule is C=C[C@H](CCC)O[C@@H]1O[C@H](CO)[C@@H](O)[C@H](O)[C@H]1O. The van der Waals surface area contributed by atoms with Crippen LogP contribution in [-0.4, -0.2) is 63.8 Å². The summed E-state index contributed by atoms with van der Waals surface area (Å²) in [5.41, 5.74) is 0. The molecular weight excluding hydrogens is 240 g/mol. The number of hydrogen-bond acceptors (Lipinski definition) is 6. The van der Waals surface area contributed by atoms with Crippen molar-refractivity contribution < 1.29 is 29.9 Å². The molecule has 1 aliphatic heterocycles. The van der Waals surface area contributed by atoms with Crippen LogP contribution in [0.3, 0.4) is 0 Å². The van der Waals surface area contributed by atoms with Gasteiger partial charge in [0.1, 0.15) is 24.4 Å². The molecule has 1 fully saturated rings. The van der Waals surface area contributed by atoms with Gasteiger partial charge in [0, 0.05) is 0 Å². The summed E-state index contributed by atoms with van der Waals surface area (Å²) in [5, 5.41) is 38.0. The molecule has 6 atom stereocenters. The second-order valence-electron chi connectivity index (χ2n) is 4.40. The lowest BCUT2D eigenvalue weighted by Gasteiger charge is -2.40. The van der Waals surface area contributed by atoms with Crippen LogP contribution in [0, 0.1) is 0 Å². The minimum absolute atomic E-state index is 0.309. The maximum Gasteiger partial charge on any atom is 0.187 e. The van der Waals surface area contributed by atoms with Crippen molar-refractivity contribution in [3.05, 3.63) is 12.7 Å². The van der Waals surface area contributed by atoms with Gasteiger partial charge in [0.2, 0.25) is 0 Å². The van der Waals surface area contributed by atoms with Crippen molar-refractivity contribution in [2.75, 3.05) is 6.61 Å². The van der Waals surface area contributed by atoms with Crippen molar-refractivity contribution >= 4 is 0 Å². The molecule has 0 aromatic rings. The zero-order valence-corrected chi connectivity index (χ0v) is 10.5. The second-order valence-corrected chi connectivity index (χ2v) is 4.40. The van der Waals surface area contributed by atoms with Gasteiger partial charge in [-0.3, -0.25) is 0 Å². The summed E-state index contributed by atoms with van der Waals surface area (Å²) in [6, 6.07) is 0. The van der Waals surface area contributed by atoms with Gasteiger partial charge < -0.3 is 29.9 Å². The molecule has 1 aliphatic rings. The molecule has 106 valence electrons. The summed E-state index contributed by atoms with van der Waals surface area (Å²) in [5.74, 6) is 0.